The van der Waals surface area contributed by atoms with Gasteiger partial charge >= 0.3 is 6.09 Å². The summed E-state index contributed by atoms with van der Waals surface area (Å²) in [6.45, 7) is 4.91. The number of carbonyl (C=O) groups excluding carboxylic acids is 2. The van der Waals surface area contributed by atoms with Crippen molar-refractivity contribution in [2.45, 2.75) is 26.4 Å². The Hall–Kier alpha value is -3.23. The van der Waals surface area contributed by atoms with Crippen LogP contribution in [-0.4, -0.2) is 52.7 Å². The lowest BCUT2D eigenvalue weighted by molar-refractivity contribution is 0.0112. The number of carbonyl (C=O) groups is 2. The van der Waals surface area contributed by atoms with Gasteiger partial charge in [-0.2, -0.15) is 0 Å². The Kier molecular flexibility index (Phi) is 6.03. The lowest BCUT2D eigenvalue weighted by Gasteiger charge is -2.38. The Morgan fingerprint density at radius 3 is 2.79 bits per heavy atom. The van der Waals surface area contributed by atoms with E-state index in [4.69, 9.17) is 9.47 Å². The Bertz CT molecular complexity index is 854. The number of hydrogen-bond donors (Lipinski definition) is 1. The van der Waals surface area contributed by atoms with Gasteiger partial charge in [-0.1, -0.05) is 6.92 Å². The summed E-state index contributed by atoms with van der Waals surface area (Å²) in [7, 11) is 0. The van der Waals surface area contributed by atoms with Gasteiger partial charge in [-0.15, -0.1) is 0 Å². The van der Waals surface area contributed by atoms with Crippen molar-refractivity contribution in [3.63, 3.8) is 0 Å². The van der Waals surface area contributed by atoms with Gasteiger partial charge in [-0.3, -0.25) is 4.79 Å². The number of likely N-dealkylation sites (tertiary alicyclic amines) is 1. The molecule has 0 atom stereocenters. The van der Waals surface area contributed by atoms with Crippen molar-refractivity contribution in [1.29, 1.82) is 0 Å². The molecular weight excluding hydrogens is 367 g/mol. The highest BCUT2D eigenvalue weighted by Crippen LogP contribution is 2.21. The quantitative estimate of drug-likeness (QED) is 0.818. The zero-order valence-corrected chi connectivity index (χ0v) is 15.6. The summed E-state index contributed by atoms with van der Waals surface area (Å²) in [6, 6.07) is 5.80. The van der Waals surface area contributed by atoms with E-state index in [1.807, 2.05) is 6.92 Å². The number of nitrogens with zero attached hydrogens (tertiary/aromatic N) is 3. The first-order valence-electron chi connectivity index (χ1n) is 8.94. The SMILES string of the molecule is CCCOC(=O)N1CC(Oc2cc(C)nc(C(=O)Nc3ccc(F)cn3)c2)C1. The number of rotatable bonds is 6. The summed E-state index contributed by atoms with van der Waals surface area (Å²) in [5.74, 6) is -0.268. The molecule has 1 aliphatic rings. The fourth-order valence-electron chi connectivity index (χ4n) is 2.59. The summed E-state index contributed by atoms with van der Waals surface area (Å²) in [5.41, 5.74) is 0.757. The Labute approximate surface area is 161 Å². The van der Waals surface area contributed by atoms with Crippen LogP contribution in [-0.2, 0) is 4.74 Å². The molecule has 2 aromatic heterocycles. The number of ether oxygens (including phenoxy) is 2. The monoisotopic (exact) mass is 388 g/mol. The summed E-state index contributed by atoms with van der Waals surface area (Å²) in [4.78, 5) is 33.7. The molecule has 0 spiro atoms. The molecule has 0 aromatic carbocycles. The number of hydrogen-bond acceptors (Lipinski definition) is 6. The third-order valence-electron chi connectivity index (χ3n) is 3.97. The van der Waals surface area contributed by atoms with Gasteiger partial charge in [0.2, 0.25) is 0 Å². The maximum absolute atomic E-state index is 12.9. The highest BCUT2D eigenvalue weighted by Gasteiger charge is 2.33. The number of halogens is 1. The van der Waals surface area contributed by atoms with Crippen molar-refractivity contribution >= 4 is 17.8 Å². The second kappa shape index (κ2) is 8.64. The molecule has 148 valence electrons. The van der Waals surface area contributed by atoms with Gasteiger partial charge in [-0.05, 0) is 25.5 Å². The Balaban J connectivity index is 1.58. The molecule has 2 amide bonds. The molecule has 2 aromatic rings. The molecule has 3 heterocycles. The molecule has 0 unspecified atom stereocenters. The first-order valence-corrected chi connectivity index (χ1v) is 8.94. The molecule has 9 heteroatoms. The predicted molar refractivity (Wildman–Crippen MR) is 98.8 cm³/mol. The second-order valence-electron chi connectivity index (χ2n) is 6.40. The van der Waals surface area contributed by atoms with Gasteiger partial charge < -0.3 is 19.7 Å². The van der Waals surface area contributed by atoms with Crippen LogP contribution in [0.25, 0.3) is 0 Å². The van der Waals surface area contributed by atoms with Gasteiger partial charge in [0.25, 0.3) is 5.91 Å². The third kappa shape index (κ3) is 4.93. The van der Waals surface area contributed by atoms with Crippen LogP contribution in [0.3, 0.4) is 0 Å². The van der Waals surface area contributed by atoms with Crippen molar-refractivity contribution in [1.82, 2.24) is 14.9 Å². The molecule has 1 N–H and O–H groups in total. The largest absolute Gasteiger partial charge is 0.487 e. The molecule has 1 fully saturated rings. The van der Waals surface area contributed by atoms with Crippen LogP contribution in [0.2, 0.25) is 0 Å². The number of anilines is 1. The zero-order valence-electron chi connectivity index (χ0n) is 15.6. The van der Waals surface area contributed by atoms with Gasteiger partial charge in [0.1, 0.15) is 29.2 Å². The molecule has 0 radical (unpaired) electrons. The average Bonchev–Trinajstić information content (AvgIpc) is 2.63. The van der Waals surface area contributed by atoms with E-state index in [0.717, 1.165) is 12.6 Å². The van der Waals surface area contributed by atoms with E-state index >= 15 is 0 Å². The Morgan fingerprint density at radius 1 is 1.32 bits per heavy atom. The first kappa shape index (κ1) is 19.5. The van der Waals surface area contributed by atoms with E-state index in [9.17, 15) is 14.0 Å². The van der Waals surface area contributed by atoms with Crippen LogP contribution < -0.4 is 10.1 Å². The highest BCUT2D eigenvalue weighted by molar-refractivity contribution is 6.02. The number of pyridine rings is 2. The standard InChI is InChI=1S/C19H21FN4O4/c1-3-6-27-19(26)24-10-15(11-24)28-14-7-12(2)22-16(8-14)18(25)23-17-5-4-13(20)9-21-17/h4-5,7-9,15H,3,6,10-11H2,1-2H3,(H,21,23,25). The van der Waals surface area contributed by atoms with Crippen molar-refractivity contribution in [2.24, 2.45) is 0 Å². The molecule has 8 nitrogen and oxygen atoms in total. The van der Waals surface area contributed by atoms with Crippen molar-refractivity contribution in [2.75, 3.05) is 25.0 Å². The van der Waals surface area contributed by atoms with Crippen LogP contribution in [0, 0.1) is 12.7 Å². The molecule has 0 aliphatic carbocycles. The van der Waals surface area contributed by atoms with Crippen LogP contribution in [0.4, 0.5) is 15.0 Å². The van der Waals surface area contributed by atoms with Crippen molar-refractivity contribution in [3.8, 4) is 5.75 Å². The van der Waals surface area contributed by atoms with Gasteiger partial charge in [0.05, 0.1) is 25.9 Å². The molecule has 1 saturated heterocycles. The maximum atomic E-state index is 12.9. The minimum absolute atomic E-state index is 0.152. The molecule has 3 rings (SSSR count). The fraction of sp³-hybridized carbons (Fsp3) is 0.368. The Morgan fingerprint density at radius 2 is 2.11 bits per heavy atom. The van der Waals surface area contributed by atoms with E-state index in [1.165, 1.54) is 18.2 Å². The van der Waals surface area contributed by atoms with Crippen molar-refractivity contribution in [3.05, 3.63) is 47.7 Å². The van der Waals surface area contributed by atoms with E-state index in [1.54, 1.807) is 17.9 Å². The minimum atomic E-state index is -0.490. The molecular formula is C19H21FN4O4. The molecule has 0 saturated carbocycles. The molecule has 1 aliphatic heterocycles. The smallest absolute Gasteiger partial charge is 0.410 e. The highest BCUT2D eigenvalue weighted by atomic mass is 19.1. The van der Waals surface area contributed by atoms with Crippen LogP contribution >= 0.6 is 0 Å². The minimum Gasteiger partial charge on any atom is -0.487 e. The summed E-state index contributed by atoms with van der Waals surface area (Å²) < 4.78 is 23.8. The molecule has 0 bridgehead atoms. The van der Waals surface area contributed by atoms with E-state index in [2.05, 4.69) is 15.3 Å². The number of amides is 2. The van der Waals surface area contributed by atoms with Crippen LogP contribution in [0.1, 0.15) is 29.5 Å². The summed E-state index contributed by atoms with van der Waals surface area (Å²) >= 11 is 0. The van der Waals surface area contributed by atoms with E-state index in [0.29, 0.717) is 31.1 Å². The van der Waals surface area contributed by atoms with Crippen LogP contribution in [0.15, 0.2) is 30.5 Å². The zero-order chi connectivity index (χ0) is 20.1. The number of nitrogens with one attached hydrogen (secondary N) is 1. The molecule has 28 heavy (non-hydrogen) atoms. The van der Waals surface area contributed by atoms with Gasteiger partial charge in [0.15, 0.2) is 0 Å². The van der Waals surface area contributed by atoms with Crippen molar-refractivity contribution < 1.29 is 23.5 Å². The lowest BCUT2D eigenvalue weighted by atomic mass is 10.2. The lowest BCUT2D eigenvalue weighted by Crippen LogP contribution is -2.56. The first-order chi connectivity index (χ1) is 13.4. The summed E-state index contributed by atoms with van der Waals surface area (Å²) in [5, 5.41) is 2.56. The average molecular weight is 388 g/mol. The predicted octanol–water partition coefficient (Wildman–Crippen LogP) is 2.79. The number of aromatic nitrogens is 2. The van der Waals surface area contributed by atoms with E-state index in [-0.39, 0.29) is 23.7 Å². The van der Waals surface area contributed by atoms with Gasteiger partial charge in [-0.25, -0.2) is 19.2 Å². The van der Waals surface area contributed by atoms with Gasteiger partial charge in [0, 0.05) is 17.8 Å². The summed E-state index contributed by atoms with van der Waals surface area (Å²) in [6.07, 6.45) is 1.26. The topological polar surface area (TPSA) is 93.6 Å². The second-order valence-corrected chi connectivity index (χ2v) is 6.40. The fourth-order valence-corrected chi connectivity index (χ4v) is 2.59. The maximum Gasteiger partial charge on any atom is 0.410 e. The van der Waals surface area contributed by atoms with Crippen LogP contribution in [0.5, 0.6) is 5.75 Å². The third-order valence-corrected chi connectivity index (χ3v) is 3.97. The van der Waals surface area contributed by atoms with E-state index < -0.39 is 11.7 Å². The number of aryl methyl sites for hydroxylation is 1. The normalized spacial score (nSPS) is 13.6.